The van der Waals surface area contributed by atoms with Crippen LogP contribution in [-0.4, -0.2) is 12.2 Å². The van der Waals surface area contributed by atoms with E-state index in [1.54, 1.807) is 23.1 Å². The molecule has 5 heteroatoms. The number of rotatable bonds is 4. The van der Waals surface area contributed by atoms with Crippen LogP contribution in [0.4, 0.5) is 0 Å². The maximum Gasteiger partial charge on any atom is 0.251 e. The van der Waals surface area contributed by atoms with Crippen LogP contribution in [0, 0.1) is 0 Å². The van der Waals surface area contributed by atoms with Crippen molar-refractivity contribution < 1.29 is 4.79 Å². The lowest BCUT2D eigenvalue weighted by atomic mass is 10.2. The van der Waals surface area contributed by atoms with Crippen molar-refractivity contribution in [1.29, 1.82) is 0 Å². The summed E-state index contributed by atoms with van der Waals surface area (Å²) in [6.45, 7) is 0.557. The Kier molecular flexibility index (Phi) is 4.86. The summed E-state index contributed by atoms with van der Waals surface area (Å²) in [5, 5.41) is 4.91. The molecule has 0 aliphatic carbocycles. The van der Waals surface area contributed by atoms with E-state index in [0.29, 0.717) is 12.1 Å². The van der Waals surface area contributed by atoms with Gasteiger partial charge in [0.15, 0.2) is 0 Å². The molecule has 1 amide bonds. The third kappa shape index (κ3) is 3.37. The molecule has 0 unspecified atom stereocenters. The molecule has 1 aromatic heterocycles. The summed E-state index contributed by atoms with van der Waals surface area (Å²) in [7, 11) is 0. The van der Waals surface area contributed by atoms with Crippen molar-refractivity contribution in [1.82, 2.24) is 5.32 Å². The van der Waals surface area contributed by atoms with Gasteiger partial charge in [0.25, 0.3) is 5.91 Å². The first-order chi connectivity index (χ1) is 8.70. The second-order valence-corrected chi connectivity index (χ2v) is 6.34. The van der Waals surface area contributed by atoms with Crippen molar-refractivity contribution >= 4 is 44.9 Å². The number of halogens is 1. The van der Waals surface area contributed by atoms with E-state index in [2.05, 4.69) is 21.2 Å². The first kappa shape index (κ1) is 13.6. The molecule has 0 fully saturated rings. The Morgan fingerprint density at radius 3 is 2.61 bits per heavy atom. The third-order valence-electron chi connectivity index (χ3n) is 2.45. The smallest absolute Gasteiger partial charge is 0.251 e. The minimum absolute atomic E-state index is 0.0389. The molecule has 0 saturated heterocycles. The van der Waals surface area contributed by atoms with Crippen LogP contribution in [0.1, 0.15) is 15.2 Å². The first-order valence-electron chi connectivity index (χ1n) is 5.35. The molecule has 18 heavy (non-hydrogen) atoms. The quantitative estimate of drug-likeness (QED) is 0.846. The highest BCUT2D eigenvalue weighted by atomic mass is 79.9. The number of thioether (sulfide) groups is 1. The summed E-state index contributed by atoms with van der Waals surface area (Å²) < 4.78 is 1.05. The summed E-state index contributed by atoms with van der Waals surface area (Å²) in [5.74, 6) is -0.0389. The topological polar surface area (TPSA) is 29.1 Å². The van der Waals surface area contributed by atoms with Crippen molar-refractivity contribution in [2.45, 2.75) is 11.4 Å². The Bertz CT molecular complexity index is 536. The van der Waals surface area contributed by atoms with Crippen LogP contribution in [0.15, 0.2) is 45.1 Å². The van der Waals surface area contributed by atoms with Crippen LogP contribution in [0.25, 0.3) is 0 Å². The highest BCUT2D eigenvalue weighted by molar-refractivity contribution is 9.10. The Morgan fingerprint density at radius 1 is 1.33 bits per heavy atom. The van der Waals surface area contributed by atoms with Crippen LogP contribution in [0.5, 0.6) is 0 Å². The van der Waals surface area contributed by atoms with Gasteiger partial charge < -0.3 is 5.32 Å². The Labute approximate surface area is 123 Å². The summed E-state index contributed by atoms with van der Waals surface area (Å²) in [5.41, 5.74) is 0.695. The fraction of sp³-hybridized carbons (Fsp3) is 0.154. The summed E-state index contributed by atoms with van der Waals surface area (Å²) >= 11 is 6.74. The zero-order valence-electron chi connectivity index (χ0n) is 9.77. The van der Waals surface area contributed by atoms with Crippen LogP contribution in [0.3, 0.4) is 0 Å². The lowest BCUT2D eigenvalue weighted by molar-refractivity contribution is 0.0951. The Balaban J connectivity index is 1.97. The maximum absolute atomic E-state index is 11.9. The van der Waals surface area contributed by atoms with Crippen LogP contribution < -0.4 is 5.32 Å². The molecule has 0 atom stereocenters. The molecule has 2 nitrogen and oxygen atoms in total. The molecule has 1 N–H and O–H groups in total. The minimum Gasteiger partial charge on any atom is -0.347 e. The second kappa shape index (κ2) is 6.41. The van der Waals surface area contributed by atoms with Crippen molar-refractivity contribution in [3.8, 4) is 0 Å². The summed E-state index contributed by atoms with van der Waals surface area (Å²) in [6.07, 6.45) is 2.02. The van der Waals surface area contributed by atoms with Gasteiger partial charge >= 0.3 is 0 Å². The van der Waals surface area contributed by atoms with E-state index in [1.165, 1.54) is 0 Å². The molecule has 1 aromatic carbocycles. The molecule has 94 valence electrons. The second-order valence-electron chi connectivity index (χ2n) is 3.60. The number of amides is 1. The SMILES string of the molecule is CSc1ccc(C(=O)NCc2sccc2Br)cc1. The number of thiophene rings is 1. The lowest BCUT2D eigenvalue weighted by Gasteiger charge is -2.05. The molecule has 0 aliphatic rings. The molecule has 2 aromatic rings. The van der Waals surface area contributed by atoms with Crippen molar-refractivity contribution in [3.63, 3.8) is 0 Å². The van der Waals surface area contributed by atoms with E-state index >= 15 is 0 Å². The molecular weight excluding hydrogens is 330 g/mol. The maximum atomic E-state index is 11.9. The van der Waals surface area contributed by atoms with Gasteiger partial charge in [0.1, 0.15) is 0 Å². The van der Waals surface area contributed by atoms with E-state index < -0.39 is 0 Å². The summed E-state index contributed by atoms with van der Waals surface area (Å²) in [4.78, 5) is 14.2. The van der Waals surface area contributed by atoms with Gasteiger partial charge in [0.05, 0.1) is 6.54 Å². The average molecular weight is 342 g/mol. The van der Waals surface area contributed by atoms with Gasteiger partial charge in [-0.2, -0.15) is 0 Å². The molecule has 1 heterocycles. The number of benzene rings is 1. The van der Waals surface area contributed by atoms with Gasteiger partial charge in [-0.15, -0.1) is 23.1 Å². The number of nitrogens with one attached hydrogen (secondary N) is 1. The largest absolute Gasteiger partial charge is 0.347 e. The van der Waals surface area contributed by atoms with E-state index in [1.807, 2.05) is 42.0 Å². The van der Waals surface area contributed by atoms with Gasteiger partial charge in [-0.3, -0.25) is 4.79 Å². The number of carbonyl (C=O) groups is 1. The molecule has 2 rings (SSSR count). The molecule has 0 saturated carbocycles. The van der Waals surface area contributed by atoms with Gasteiger partial charge in [-0.05, 0) is 57.9 Å². The zero-order chi connectivity index (χ0) is 13.0. The normalized spacial score (nSPS) is 10.3. The number of carbonyl (C=O) groups excluding carboxylic acids is 1. The van der Waals surface area contributed by atoms with Crippen molar-refractivity contribution in [2.75, 3.05) is 6.26 Å². The third-order valence-corrected chi connectivity index (χ3v) is 5.12. The predicted molar refractivity (Wildman–Crippen MR) is 81.4 cm³/mol. The van der Waals surface area contributed by atoms with Crippen LogP contribution in [0.2, 0.25) is 0 Å². The summed E-state index contributed by atoms with van der Waals surface area (Å²) in [6, 6.07) is 9.61. The zero-order valence-corrected chi connectivity index (χ0v) is 13.0. The van der Waals surface area contributed by atoms with Gasteiger partial charge in [-0.1, -0.05) is 0 Å². The standard InChI is InChI=1S/C13H12BrNOS2/c1-17-10-4-2-9(3-5-10)13(16)15-8-12-11(14)6-7-18-12/h2-7H,8H2,1H3,(H,15,16). The number of hydrogen-bond donors (Lipinski definition) is 1. The van der Waals surface area contributed by atoms with Crippen molar-refractivity contribution in [2.24, 2.45) is 0 Å². The predicted octanol–water partition coefficient (Wildman–Crippen LogP) is 4.16. The van der Waals surface area contributed by atoms with E-state index in [4.69, 9.17) is 0 Å². The average Bonchev–Trinajstić information content (AvgIpc) is 2.81. The monoisotopic (exact) mass is 341 g/mol. The molecule has 0 spiro atoms. The Morgan fingerprint density at radius 2 is 2.06 bits per heavy atom. The van der Waals surface area contributed by atoms with Gasteiger partial charge in [-0.25, -0.2) is 0 Å². The molecule has 0 radical (unpaired) electrons. The molecular formula is C13H12BrNOS2. The fourth-order valence-corrected chi connectivity index (χ4v) is 3.30. The van der Waals surface area contributed by atoms with Crippen LogP contribution >= 0.6 is 39.0 Å². The van der Waals surface area contributed by atoms with Crippen molar-refractivity contribution in [3.05, 3.63) is 50.6 Å². The van der Waals surface area contributed by atoms with E-state index in [-0.39, 0.29) is 5.91 Å². The van der Waals surface area contributed by atoms with Gasteiger partial charge in [0, 0.05) is 19.8 Å². The molecule has 0 bridgehead atoms. The highest BCUT2D eigenvalue weighted by Crippen LogP contribution is 2.22. The first-order valence-corrected chi connectivity index (χ1v) is 8.24. The molecule has 0 aliphatic heterocycles. The minimum atomic E-state index is -0.0389. The van der Waals surface area contributed by atoms with Crippen LogP contribution in [-0.2, 0) is 6.54 Å². The highest BCUT2D eigenvalue weighted by Gasteiger charge is 2.07. The fourth-order valence-electron chi connectivity index (χ4n) is 1.46. The number of hydrogen-bond acceptors (Lipinski definition) is 3. The Hall–Kier alpha value is -0.780. The lowest BCUT2D eigenvalue weighted by Crippen LogP contribution is -2.22. The van der Waals surface area contributed by atoms with E-state index in [0.717, 1.165) is 14.2 Å². The van der Waals surface area contributed by atoms with E-state index in [9.17, 15) is 4.79 Å². The van der Waals surface area contributed by atoms with Gasteiger partial charge in [0.2, 0.25) is 0 Å².